The molecule has 0 spiro atoms. The lowest BCUT2D eigenvalue weighted by molar-refractivity contribution is 0.0869. The maximum absolute atomic E-state index is 5.98. The van der Waals surface area contributed by atoms with Crippen LogP contribution in [0.2, 0.25) is 0 Å². The predicted octanol–water partition coefficient (Wildman–Crippen LogP) is 1.86. The van der Waals surface area contributed by atoms with Crippen LogP contribution in [-0.2, 0) is 4.74 Å². The third-order valence-electron chi connectivity index (χ3n) is 3.83. The summed E-state index contributed by atoms with van der Waals surface area (Å²) in [5.74, 6) is 0.738. The zero-order valence-corrected chi connectivity index (χ0v) is 11.1. The van der Waals surface area contributed by atoms with Crippen LogP contribution in [0.5, 0.6) is 0 Å². The predicted molar refractivity (Wildman–Crippen MR) is 68.5 cm³/mol. The van der Waals surface area contributed by atoms with E-state index < -0.39 is 0 Å². The summed E-state index contributed by atoms with van der Waals surface area (Å²) in [7, 11) is 1.78. The van der Waals surface area contributed by atoms with Gasteiger partial charge in [0.15, 0.2) is 0 Å². The number of nitrogens with two attached hydrogens (primary N) is 1. The van der Waals surface area contributed by atoms with Gasteiger partial charge in [-0.05, 0) is 18.8 Å². The van der Waals surface area contributed by atoms with Gasteiger partial charge in [-0.25, -0.2) is 0 Å². The van der Waals surface area contributed by atoms with Gasteiger partial charge in [-0.15, -0.1) is 0 Å². The molecule has 1 aliphatic carbocycles. The van der Waals surface area contributed by atoms with E-state index in [1.807, 2.05) is 0 Å². The van der Waals surface area contributed by atoms with E-state index in [0.29, 0.717) is 6.04 Å². The van der Waals surface area contributed by atoms with Crippen LogP contribution < -0.4 is 5.73 Å². The Morgan fingerprint density at radius 2 is 1.94 bits per heavy atom. The van der Waals surface area contributed by atoms with Gasteiger partial charge >= 0.3 is 0 Å². The summed E-state index contributed by atoms with van der Waals surface area (Å²) in [4.78, 5) is 2.60. The highest BCUT2D eigenvalue weighted by Gasteiger charge is 2.35. The van der Waals surface area contributed by atoms with Crippen LogP contribution in [0.1, 0.15) is 39.5 Å². The molecule has 16 heavy (non-hydrogen) atoms. The maximum Gasteiger partial charge on any atom is 0.0589 e. The summed E-state index contributed by atoms with van der Waals surface area (Å²) in [5, 5.41) is 0. The van der Waals surface area contributed by atoms with Gasteiger partial charge in [-0.2, -0.15) is 0 Å². The fourth-order valence-corrected chi connectivity index (χ4v) is 2.65. The highest BCUT2D eigenvalue weighted by Crippen LogP contribution is 2.31. The molecule has 0 radical (unpaired) electrons. The summed E-state index contributed by atoms with van der Waals surface area (Å²) in [6, 6.07) is 1.34. The van der Waals surface area contributed by atoms with Crippen LogP contribution in [-0.4, -0.2) is 43.8 Å². The zero-order chi connectivity index (χ0) is 12.0. The molecule has 3 heteroatoms. The van der Waals surface area contributed by atoms with Gasteiger partial charge in [0.05, 0.1) is 6.61 Å². The van der Waals surface area contributed by atoms with E-state index in [0.717, 1.165) is 31.7 Å². The molecule has 0 aromatic heterocycles. The molecule has 1 saturated carbocycles. The molecule has 0 saturated heterocycles. The van der Waals surface area contributed by atoms with Gasteiger partial charge in [-0.3, -0.25) is 4.90 Å². The summed E-state index contributed by atoms with van der Waals surface area (Å²) >= 11 is 0. The smallest absolute Gasteiger partial charge is 0.0589 e. The van der Waals surface area contributed by atoms with Gasteiger partial charge in [0, 0.05) is 32.3 Å². The lowest BCUT2D eigenvalue weighted by atomic mass is 9.92. The van der Waals surface area contributed by atoms with E-state index in [2.05, 4.69) is 18.7 Å². The van der Waals surface area contributed by atoms with E-state index in [4.69, 9.17) is 10.5 Å². The first kappa shape index (κ1) is 13.9. The molecule has 1 fully saturated rings. The fourth-order valence-electron chi connectivity index (χ4n) is 2.65. The summed E-state index contributed by atoms with van der Waals surface area (Å²) in [5.41, 5.74) is 5.98. The van der Waals surface area contributed by atoms with Gasteiger partial charge in [0.1, 0.15) is 0 Å². The molecule has 0 amide bonds. The number of methoxy groups -OCH3 is 1. The molecule has 96 valence electrons. The second-order valence-electron chi connectivity index (χ2n) is 4.84. The highest BCUT2D eigenvalue weighted by atomic mass is 16.5. The first-order valence-electron chi connectivity index (χ1n) is 6.73. The van der Waals surface area contributed by atoms with Crippen molar-refractivity contribution < 1.29 is 4.74 Å². The van der Waals surface area contributed by atoms with Crippen LogP contribution in [0, 0.1) is 5.92 Å². The third-order valence-corrected chi connectivity index (χ3v) is 3.83. The van der Waals surface area contributed by atoms with Gasteiger partial charge in [0.25, 0.3) is 0 Å². The molecule has 0 heterocycles. The van der Waals surface area contributed by atoms with Gasteiger partial charge in [0.2, 0.25) is 0 Å². The van der Waals surface area contributed by atoms with Gasteiger partial charge in [-0.1, -0.05) is 26.7 Å². The minimum atomic E-state index is 0.553. The quantitative estimate of drug-likeness (QED) is 0.654. The Kier molecular flexibility index (Phi) is 6.32. The SMILES string of the molecule is CCC(CC)C(CN)N(CCOC)C1CC1. The average Bonchev–Trinajstić information content (AvgIpc) is 3.12. The van der Waals surface area contributed by atoms with Crippen molar-refractivity contribution in [2.75, 3.05) is 26.8 Å². The lowest BCUT2D eigenvalue weighted by Crippen LogP contribution is -2.48. The molecule has 1 atom stereocenters. The van der Waals surface area contributed by atoms with E-state index in [-0.39, 0.29) is 0 Å². The standard InChI is InChI=1S/C13H28N2O/c1-4-11(5-2)13(10-14)15(8-9-16-3)12-6-7-12/h11-13H,4-10,14H2,1-3H3. The monoisotopic (exact) mass is 228 g/mol. The van der Waals surface area contributed by atoms with Crippen molar-refractivity contribution >= 4 is 0 Å². The van der Waals surface area contributed by atoms with E-state index >= 15 is 0 Å². The Morgan fingerprint density at radius 1 is 1.31 bits per heavy atom. The molecule has 0 aromatic carbocycles. The molecule has 1 rings (SSSR count). The van der Waals surface area contributed by atoms with Crippen molar-refractivity contribution in [3.05, 3.63) is 0 Å². The van der Waals surface area contributed by atoms with Crippen molar-refractivity contribution in [3.63, 3.8) is 0 Å². The normalized spacial score (nSPS) is 18.4. The zero-order valence-electron chi connectivity index (χ0n) is 11.1. The molecule has 0 bridgehead atoms. The summed E-state index contributed by atoms with van der Waals surface area (Å²) in [6.07, 6.45) is 5.16. The Morgan fingerprint density at radius 3 is 2.31 bits per heavy atom. The van der Waals surface area contributed by atoms with E-state index in [9.17, 15) is 0 Å². The molecule has 2 N–H and O–H groups in total. The molecule has 3 nitrogen and oxygen atoms in total. The van der Waals surface area contributed by atoms with Crippen LogP contribution in [0.3, 0.4) is 0 Å². The first-order chi connectivity index (χ1) is 7.78. The van der Waals surface area contributed by atoms with Crippen molar-refractivity contribution in [1.82, 2.24) is 4.90 Å². The molecule has 1 unspecified atom stereocenters. The Labute approximate surface area is 100 Å². The summed E-state index contributed by atoms with van der Waals surface area (Å²) < 4.78 is 5.21. The van der Waals surface area contributed by atoms with Crippen LogP contribution >= 0.6 is 0 Å². The third kappa shape index (κ3) is 3.72. The minimum absolute atomic E-state index is 0.553. The molecular formula is C13H28N2O. The van der Waals surface area contributed by atoms with Crippen molar-refractivity contribution in [2.24, 2.45) is 11.7 Å². The average molecular weight is 228 g/mol. The highest BCUT2D eigenvalue weighted by molar-refractivity contribution is 4.91. The largest absolute Gasteiger partial charge is 0.383 e. The number of ether oxygens (including phenoxy) is 1. The second kappa shape index (κ2) is 7.25. The Hall–Kier alpha value is -0.120. The minimum Gasteiger partial charge on any atom is -0.383 e. The van der Waals surface area contributed by atoms with E-state index in [1.165, 1.54) is 25.7 Å². The van der Waals surface area contributed by atoms with E-state index in [1.54, 1.807) is 7.11 Å². The Balaban J connectivity index is 2.56. The molecule has 0 aliphatic heterocycles. The second-order valence-corrected chi connectivity index (χ2v) is 4.84. The van der Waals surface area contributed by atoms with Crippen LogP contribution in [0.4, 0.5) is 0 Å². The fraction of sp³-hybridized carbons (Fsp3) is 1.00. The molecule has 0 aromatic rings. The summed E-state index contributed by atoms with van der Waals surface area (Å²) in [6.45, 7) is 7.20. The topological polar surface area (TPSA) is 38.5 Å². The number of hydrogen-bond donors (Lipinski definition) is 1. The number of hydrogen-bond acceptors (Lipinski definition) is 3. The number of rotatable bonds is 9. The lowest BCUT2D eigenvalue weighted by Gasteiger charge is -2.36. The number of nitrogens with zero attached hydrogens (tertiary/aromatic N) is 1. The van der Waals surface area contributed by atoms with Crippen LogP contribution in [0.25, 0.3) is 0 Å². The van der Waals surface area contributed by atoms with Crippen LogP contribution in [0.15, 0.2) is 0 Å². The van der Waals surface area contributed by atoms with Crippen molar-refractivity contribution in [2.45, 2.75) is 51.6 Å². The Bertz CT molecular complexity index is 179. The van der Waals surface area contributed by atoms with Gasteiger partial charge < -0.3 is 10.5 Å². The van der Waals surface area contributed by atoms with Crippen molar-refractivity contribution in [1.29, 1.82) is 0 Å². The van der Waals surface area contributed by atoms with Crippen molar-refractivity contribution in [3.8, 4) is 0 Å². The first-order valence-corrected chi connectivity index (χ1v) is 6.73. The molecule has 1 aliphatic rings. The maximum atomic E-state index is 5.98. The molecular weight excluding hydrogens is 200 g/mol.